The third kappa shape index (κ3) is 4.18. The lowest BCUT2D eigenvalue weighted by Crippen LogP contribution is -2.39. The van der Waals surface area contributed by atoms with Gasteiger partial charge in [0, 0.05) is 12.1 Å². The molecule has 0 spiro atoms. The second-order valence-electron chi connectivity index (χ2n) is 5.40. The van der Waals surface area contributed by atoms with Gasteiger partial charge in [0.15, 0.2) is 0 Å². The highest BCUT2D eigenvalue weighted by Gasteiger charge is 2.17. The fourth-order valence-electron chi connectivity index (χ4n) is 2.71. The first-order valence-electron chi connectivity index (χ1n) is 7.30. The lowest BCUT2D eigenvalue weighted by atomic mass is 10.1. The summed E-state index contributed by atoms with van der Waals surface area (Å²) in [6, 6.07) is 4.09. The van der Waals surface area contributed by atoms with Crippen molar-refractivity contribution in [2.24, 2.45) is 0 Å². The first-order chi connectivity index (χ1) is 10.1. The molecule has 1 aromatic heterocycles. The Morgan fingerprint density at radius 1 is 1.19 bits per heavy atom. The number of nitrogens with zero attached hydrogens (tertiary/aromatic N) is 1. The smallest absolute Gasteiger partial charge is 0.352 e. The zero-order chi connectivity index (χ0) is 15.2. The van der Waals surface area contributed by atoms with Gasteiger partial charge in [0.1, 0.15) is 12.2 Å². The Morgan fingerprint density at radius 3 is 2.48 bits per heavy atom. The molecular weight excluding hydrogens is 272 g/mol. The second-order valence-corrected chi connectivity index (χ2v) is 5.40. The van der Waals surface area contributed by atoms with Crippen molar-refractivity contribution in [3.05, 3.63) is 34.2 Å². The van der Waals surface area contributed by atoms with Gasteiger partial charge in [0.05, 0.1) is 0 Å². The van der Waals surface area contributed by atoms with E-state index in [0.29, 0.717) is 0 Å². The van der Waals surface area contributed by atoms with Gasteiger partial charge in [-0.25, -0.2) is 4.79 Å². The number of pyridine rings is 1. The molecule has 1 fully saturated rings. The van der Waals surface area contributed by atoms with Gasteiger partial charge >= 0.3 is 5.97 Å². The normalized spacial score (nSPS) is 16.2. The standard InChI is InChI=1S/C15H20N2O4/c18-13(16-11-6-3-1-2-4-7-11)10-17-12(15(20)21)8-5-9-14(17)19/h5,8-9,11H,1-4,6-7,10H2,(H,16,18)(H,20,21). The zero-order valence-corrected chi connectivity index (χ0v) is 11.9. The maximum Gasteiger partial charge on any atom is 0.352 e. The summed E-state index contributed by atoms with van der Waals surface area (Å²) in [6.45, 7) is -0.252. The van der Waals surface area contributed by atoms with Gasteiger partial charge in [-0.2, -0.15) is 0 Å². The zero-order valence-electron chi connectivity index (χ0n) is 11.9. The molecule has 1 amide bonds. The number of rotatable bonds is 4. The number of carbonyl (C=O) groups excluding carboxylic acids is 1. The van der Waals surface area contributed by atoms with Crippen LogP contribution < -0.4 is 10.9 Å². The monoisotopic (exact) mass is 292 g/mol. The van der Waals surface area contributed by atoms with Crippen molar-refractivity contribution in [2.75, 3.05) is 0 Å². The van der Waals surface area contributed by atoms with Crippen molar-refractivity contribution >= 4 is 11.9 Å². The van der Waals surface area contributed by atoms with Crippen LogP contribution in [-0.2, 0) is 11.3 Å². The summed E-state index contributed by atoms with van der Waals surface area (Å²) in [5.74, 6) is -1.52. The summed E-state index contributed by atoms with van der Waals surface area (Å²) in [5.41, 5.74) is -0.649. The van der Waals surface area contributed by atoms with Crippen LogP contribution in [0.1, 0.15) is 49.0 Å². The fraction of sp³-hybridized carbons (Fsp3) is 0.533. The molecule has 1 saturated carbocycles. The van der Waals surface area contributed by atoms with Gasteiger partial charge in [-0.3, -0.25) is 14.2 Å². The van der Waals surface area contributed by atoms with Crippen LogP contribution in [0.5, 0.6) is 0 Å². The highest BCUT2D eigenvalue weighted by Crippen LogP contribution is 2.17. The van der Waals surface area contributed by atoms with Gasteiger partial charge in [0.25, 0.3) is 5.56 Å². The van der Waals surface area contributed by atoms with Crippen molar-refractivity contribution in [1.29, 1.82) is 0 Å². The number of nitrogens with one attached hydrogen (secondary N) is 1. The molecular formula is C15H20N2O4. The van der Waals surface area contributed by atoms with Crippen molar-refractivity contribution < 1.29 is 14.7 Å². The molecule has 0 aromatic carbocycles. The molecule has 0 unspecified atom stereocenters. The lowest BCUT2D eigenvalue weighted by molar-refractivity contribution is -0.122. The number of aromatic carboxylic acids is 1. The average Bonchev–Trinajstić information content (AvgIpc) is 2.69. The summed E-state index contributed by atoms with van der Waals surface area (Å²) >= 11 is 0. The van der Waals surface area contributed by atoms with Crippen molar-refractivity contribution in [3.8, 4) is 0 Å². The topological polar surface area (TPSA) is 88.4 Å². The number of carboxylic acids is 1. The molecule has 0 saturated heterocycles. The van der Waals surface area contributed by atoms with E-state index in [0.717, 1.165) is 30.3 Å². The molecule has 6 heteroatoms. The molecule has 0 radical (unpaired) electrons. The SMILES string of the molecule is O=C(Cn1c(C(=O)O)cccc1=O)NC1CCCCCC1. The molecule has 1 heterocycles. The molecule has 21 heavy (non-hydrogen) atoms. The maximum atomic E-state index is 12.1. The highest BCUT2D eigenvalue weighted by atomic mass is 16.4. The van der Waals surface area contributed by atoms with Crippen LogP contribution in [0.3, 0.4) is 0 Å². The Morgan fingerprint density at radius 2 is 1.86 bits per heavy atom. The molecule has 1 aliphatic rings. The van der Waals surface area contributed by atoms with Crippen LogP contribution in [-0.4, -0.2) is 27.6 Å². The van der Waals surface area contributed by atoms with Crippen LogP contribution in [0.2, 0.25) is 0 Å². The molecule has 2 rings (SSSR count). The van der Waals surface area contributed by atoms with Crippen LogP contribution in [0.25, 0.3) is 0 Å². The van der Waals surface area contributed by atoms with Gasteiger partial charge < -0.3 is 10.4 Å². The number of hydrogen-bond donors (Lipinski definition) is 2. The molecule has 0 aliphatic heterocycles. The van der Waals surface area contributed by atoms with E-state index in [1.165, 1.54) is 31.0 Å². The summed E-state index contributed by atoms with van der Waals surface area (Å²) in [4.78, 5) is 34.9. The van der Waals surface area contributed by atoms with E-state index in [-0.39, 0.29) is 24.2 Å². The first-order valence-corrected chi connectivity index (χ1v) is 7.30. The number of carboxylic acid groups (broad SMARTS) is 1. The summed E-state index contributed by atoms with van der Waals surface area (Å²) in [7, 11) is 0. The van der Waals surface area contributed by atoms with Crippen LogP contribution >= 0.6 is 0 Å². The van der Waals surface area contributed by atoms with E-state index in [9.17, 15) is 14.4 Å². The summed E-state index contributed by atoms with van der Waals surface area (Å²) in [5, 5.41) is 12.0. The van der Waals surface area contributed by atoms with Gasteiger partial charge in [-0.15, -0.1) is 0 Å². The number of hydrogen-bond acceptors (Lipinski definition) is 3. The quantitative estimate of drug-likeness (QED) is 0.821. The summed E-state index contributed by atoms with van der Waals surface area (Å²) in [6.07, 6.45) is 6.46. The van der Waals surface area contributed by atoms with Crippen molar-refractivity contribution in [3.63, 3.8) is 0 Å². The molecule has 1 aromatic rings. The fourth-order valence-corrected chi connectivity index (χ4v) is 2.71. The second kappa shape index (κ2) is 7.06. The predicted octanol–water partition coefficient (Wildman–Crippen LogP) is 1.39. The molecule has 114 valence electrons. The lowest BCUT2D eigenvalue weighted by Gasteiger charge is -2.17. The summed E-state index contributed by atoms with van der Waals surface area (Å²) < 4.78 is 0.994. The van der Waals surface area contributed by atoms with Crippen LogP contribution in [0, 0.1) is 0 Å². The third-order valence-corrected chi connectivity index (χ3v) is 3.79. The van der Waals surface area contributed by atoms with Crippen molar-refractivity contribution in [2.45, 2.75) is 51.1 Å². The Hall–Kier alpha value is -2.11. The van der Waals surface area contributed by atoms with E-state index in [2.05, 4.69) is 5.32 Å². The average molecular weight is 292 g/mol. The van der Waals surface area contributed by atoms with Gasteiger partial charge in [0.2, 0.25) is 5.91 Å². The van der Waals surface area contributed by atoms with Crippen molar-refractivity contribution in [1.82, 2.24) is 9.88 Å². The highest BCUT2D eigenvalue weighted by molar-refractivity contribution is 5.86. The number of amides is 1. The molecule has 1 aliphatic carbocycles. The molecule has 2 N–H and O–H groups in total. The third-order valence-electron chi connectivity index (χ3n) is 3.79. The maximum absolute atomic E-state index is 12.1. The Bertz CT molecular complexity index is 571. The van der Waals surface area contributed by atoms with Crippen LogP contribution in [0.4, 0.5) is 0 Å². The first kappa shape index (κ1) is 15.3. The number of carbonyl (C=O) groups is 2. The number of aromatic nitrogens is 1. The van der Waals surface area contributed by atoms with Gasteiger partial charge in [-0.05, 0) is 18.9 Å². The predicted molar refractivity (Wildman–Crippen MR) is 77.3 cm³/mol. The Kier molecular flexibility index (Phi) is 5.14. The van der Waals surface area contributed by atoms with Crippen LogP contribution in [0.15, 0.2) is 23.0 Å². The minimum absolute atomic E-state index is 0.132. The van der Waals surface area contributed by atoms with E-state index in [1.54, 1.807) is 0 Å². The minimum Gasteiger partial charge on any atom is -0.477 e. The Balaban J connectivity index is 2.05. The Labute approximate surface area is 122 Å². The van der Waals surface area contributed by atoms with Gasteiger partial charge in [-0.1, -0.05) is 31.7 Å². The molecule has 0 atom stereocenters. The molecule has 6 nitrogen and oxygen atoms in total. The van der Waals surface area contributed by atoms with E-state index >= 15 is 0 Å². The minimum atomic E-state index is -1.21. The largest absolute Gasteiger partial charge is 0.477 e. The van der Waals surface area contributed by atoms with E-state index < -0.39 is 11.5 Å². The molecule has 0 bridgehead atoms. The van der Waals surface area contributed by atoms with E-state index in [4.69, 9.17) is 5.11 Å². The van der Waals surface area contributed by atoms with E-state index in [1.807, 2.05) is 0 Å².